The number of carbonyl (C=O) groups is 1. The molecule has 0 bridgehead atoms. The van der Waals surface area contributed by atoms with E-state index in [0.29, 0.717) is 25.6 Å². The molecule has 0 spiro atoms. The van der Waals surface area contributed by atoms with Crippen molar-refractivity contribution in [2.24, 2.45) is 0 Å². The van der Waals surface area contributed by atoms with Crippen LogP contribution in [0.2, 0.25) is 0 Å². The van der Waals surface area contributed by atoms with Crippen molar-refractivity contribution in [3.8, 4) is 0 Å². The van der Waals surface area contributed by atoms with Gasteiger partial charge in [-0.1, -0.05) is 0 Å². The molecule has 1 aromatic rings. The number of ether oxygens (including phenoxy) is 1. The second-order valence-corrected chi connectivity index (χ2v) is 3.13. The normalized spacial score (nSPS) is 10.1. The van der Waals surface area contributed by atoms with Gasteiger partial charge in [0.15, 0.2) is 0 Å². The SMILES string of the molecule is CCOCCCNC(=O)c1cnc(N)cn1. The molecule has 88 valence electrons. The van der Waals surface area contributed by atoms with Crippen molar-refractivity contribution in [3.63, 3.8) is 0 Å². The highest BCUT2D eigenvalue weighted by Crippen LogP contribution is 1.95. The average molecular weight is 224 g/mol. The Kier molecular flexibility index (Phi) is 5.21. The summed E-state index contributed by atoms with van der Waals surface area (Å²) in [6.07, 6.45) is 3.49. The summed E-state index contributed by atoms with van der Waals surface area (Å²) in [6.45, 7) is 3.83. The Morgan fingerprint density at radius 1 is 1.50 bits per heavy atom. The van der Waals surface area contributed by atoms with Crippen LogP contribution >= 0.6 is 0 Å². The van der Waals surface area contributed by atoms with E-state index in [1.807, 2.05) is 6.92 Å². The van der Waals surface area contributed by atoms with Crippen molar-refractivity contribution >= 4 is 11.7 Å². The molecular weight excluding hydrogens is 208 g/mol. The number of carbonyl (C=O) groups excluding carboxylic acids is 1. The molecule has 0 aromatic carbocycles. The zero-order chi connectivity index (χ0) is 11.8. The van der Waals surface area contributed by atoms with Gasteiger partial charge in [0, 0.05) is 19.8 Å². The zero-order valence-corrected chi connectivity index (χ0v) is 9.27. The third-order valence-electron chi connectivity index (χ3n) is 1.86. The van der Waals surface area contributed by atoms with Crippen LogP contribution in [0.5, 0.6) is 0 Å². The van der Waals surface area contributed by atoms with Crippen molar-refractivity contribution in [2.45, 2.75) is 13.3 Å². The third kappa shape index (κ3) is 4.22. The van der Waals surface area contributed by atoms with Crippen molar-refractivity contribution in [1.82, 2.24) is 15.3 Å². The van der Waals surface area contributed by atoms with Crippen LogP contribution in [0.1, 0.15) is 23.8 Å². The Morgan fingerprint density at radius 2 is 2.31 bits per heavy atom. The number of aromatic nitrogens is 2. The Balaban J connectivity index is 2.27. The van der Waals surface area contributed by atoms with E-state index in [2.05, 4.69) is 15.3 Å². The van der Waals surface area contributed by atoms with Gasteiger partial charge in [0.25, 0.3) is 5.91 Å². The fourth-order valence-corrected chi connectivity index (χ4v) is 1.07. The first kappa shape index (κ1) is 12.4. The van der Waals surface area contributed by atoms with E-state index in [4.69, 9.17) is 10.5 Å². The van der Waals surface area contributed by atoms with E-state index >= 15 is 0 Å². The van der Waals surface area contributed by atoms with E-state index in [0.717, 1.165) is 6.42 Å². The summed E-state index contributed by atoms with van der Waals surface area (Å²) in [6, 6.07) is 0. The van der Waals surface area contributed by atoms with E-state index < -0.39 is 0 Å². The van der Waals surface area contributed by atoms with Crippen molar-refractivity contribution in [2.75, 3.05) is 25.5 Å². The highest BCUT2D eigenvalue weighted by Gasteiger charge is 2.05. The summed E-state index contributed by atoms with van der Waals surface area (Å²) in [7, 11) is 0. The van der Waals surface area contributed by atoms with Crippen LogP contribution in [0.4, 0.5) is 5.82 Å². The Bertz CT molecular complexity index is 326. The van der Waals surface area contributed by atoms with Gasteiger partial charge < -0.3 is 15.8 Å². The minimum Gasteiger partial charge on any atom is -0.382 e. The lowest BCUT2D eigenvalue weighted by Crippen LogP contribution is -2.26. The monoisotopic (exact) mass is 224 g/mol. The number of amides is 1. The molecule has 0 aliphatic heterocycles. The van der Waals surface area contributed by atoms with E-state index in [1.165, 1.54) is 12.4 Å². The average Bonchev–Trinajstić information content (AvgIpc) is 2.29. The van der Waals surface area contributed by atoms with Gasteiger partial charge in [-0.15, -0.1) is 0 Å². The highest BCUT2D eigenvalue weighted by atomic mass is 16.5. The van der Waals surface area contributed by atoms with Crippen LogP contribution in [-0.4, -0.2) is 35.6 Å². The highest BCUT2D eigenvalue weighted by molar-refractivity contribution is 5.91. The quantitative estimate of drug-likeness (QED) is 0.674. The molecule has 0 fully saturated rings. The number of nitrogens with zero attached hydrogens (tertiary/aromatic N) is 2. The Labute approximate surface area is 94.2 Å². The van der Waals surface area contributed by atoms with Crippen LogP contribution in [-0.2, 0) is 4.74 Å². The van der Waals surface area contributed by atoms with E-state index in [9.17, 15) is 4.79 Å². The first-order valence-corrected chi connectivity index (χ1v) is 5.17. The molecule has 0 aliphatic carbocycles. The number of anilines is 1. The molecule has 0 aliphatic rings. The van der Waals surface area contributed by atoms with Gasteiger partial charge in [-0.3, -0.25) is 4.79 Å². The van der Waals surface area contributed by atoms with Gasteiger partial charge in [0.05, 0.1) is 12.4 Å². The first-order chi connectivity index (χ1) is 7.74. The second-order valence-electron chi connectivity index (χ2n) is 3.13. The lowest BCUT2D eigenvalue weighted by molar-refractivity contribution is 0.0939. The largest absolute Gasteiger partial charge is 0.382 e. The molecule has 16 heavy (non-hydrogen) atoms. The molecular formula is C10H16N4O2. The number of nitrogens with two attached hydrogens (primary N) is 1. The molecule has 6 nitrogen and oxygen atoms in total. The van der Waals surface area contributed by atoms with Gasteiger partial charge in [0.1, 0.15) is 11.5 Å². The summed E-state index contributed by atoms with van der Waals surface area (Å²) >= 11 is 0. The van der Waals surface area contributed by atoms with Gasteiger partial charge >= 0.3 is 0 Å². The maximum absolute atomic E-state index is 11.5. The lowest BCUT2D eigenvalue weighted by atomic mass is 10.4. The first-order valence-electron chi connectivity index (χ1n) is 5.17. The Hall–Kier alpha value is -1.69. The van der Waals surface area contributed by atoms with Crippen LogP contribution in [0.15, 0.2) is 12.4 Å². The maximum atomic E-state index is 11.5. The summed E-state index contributed by atoms with van der Waals surface area (Å²) in [5.74, 6) is 0.0527. The predicted molar refractivity (Wildman–Crippen MR) is 59.9 cm³/mol. The molecule has 0 atom stereocenters. The van der Waals surface area contributed by atoms with E-state index in [1.54, 1.807) is 0 Å². The van der Waals surface area contributed by atoms with Crippen LogP contribution in [0.3, 0.4) is 0 Å². The minimum absolute atomic E-state index is 0.246. The molecule has 3 N–H and O–H groups in total. The number of nitrogens with one attached hydrogen (secondary N) is 1. The van der Waals surface area contributed by atoms with Crippen LogP contribution in [0.25, 0.3) is 0 Å². The number of nitrogen functional groups attached to an aromatic ring is 1. The van der Waals surface area contributed by atoms with Gasteiger partial charge in [0.2, 0.25) is 0 Å². The molecule has 0 saturated carbocycles. The van der Waals surface area contributed by atoms with Crippen LogP contribution < -0.4 is 11.1 Å². The second kappa shape index (κ2) is 6.73. The molecule has 1 heterocycles. The molecule has 0 unspecified atom stereocenters. The standard InChI is InChI=1S/C10H16N4O2/c1-2-16-5-3-4-12-10(15)8-6-14-9(11)7-13-8/h6-7H,2-5H2,1H3,(H2,11,14)(H,12,15). The van der Waals surface area contributed by atoms with Gasteiger partial charge in [-0.05, 0) is 13.3 Å². The number of hydrogen-bond acceptors (Lipinski definition) is 5. The number of hydrogen-bond donors (Lipinski definition) is 2. The van der Waals surface area contributed by atoms with Gasteiger partial charge in [-0.25, -0.2) is 9.97 Å². The van der Waals surface area contributed by atoms with Crippen molar-refractivity contribution in [3.05, 3.63) is 18.1 Å². The maximum Gasteiger partial charge on any atom is 0.271 e. The predicted octanol–water partition coefficient (Wildman–Crippen LogP) is 0.215. The lowest BCUT2D eigenvalue weighted by Gasteiger charge is -2.04. The summed E-state index contributed by atoms with van der Waals surface area (Å²) < 4.78 is 5.14. The van der Waals surface area contributed by atoms with Crippen molar-refractivity contribution < 1.29 is 9.53 Å². The summed E-state index contributed by atoms with van der Waals surface area (Å²) in [5, 5.41) is 2.72. The molecule has 1 rings (SSSR count). The fraction of sp³-hybridized carbons (Fsp3) is 0.500. The molecule has 6 heteroatoms. The molecule has 0 radical (unpaired) electrons. The van der Waals surface area contributed by atoms with Crippen molar-refractivity contribution in [1.29, 1.82) is 0 Å². The molecule has 1 aromatic heterocycles. The summed E-state index contributed by atoms with van der Waals surface area (Å²) in [4.78, 5) is 19.1. The molecule has 0 saturated heterocycles. The third-order valence-corrected chi connectivity index (χ3v) is 1.86. The van der Waals surface area contributed by atoms with E-state index in [-0.39, 0.29) is 11.6 Å². The van der Waals surface area contributed by atoms with Gasteiger partial charge in [-0.2, -0.15) is 0 Å². The minimum atomic E-state index is -0.246. The fourth-order valence-electron chi connectivity index (χ4n) is 1.07. The summed E-state index contributed by atoms with van der Waals surface area (Å²) in [5.41, 5.74) is 5.63. The number of rotatable bonds is 6. The Morgan fingerprint density at radius 3 is 2.94 bits per heavy atom. The zero-order valence-electron chi connectivity index (χ0n) is 9.27. The topological polar surface area (TPSA) is 90.1 Å². The van der Waals surface area contributed by atoms with Crippen LogP contribution in [0, 0.1) is 0 Å². The molecule has 1 amide bonds. The smallest absolute Gasteiger partial charge is 0.271 e.